The first-order valence-electron chi connectivity index (χ1n) is 6.31. The summed E-state index contributed by atoms with van der Waals surface area (Å²) in [6.07, 6.45) is 0. The van der Waals surface area contributed by atoms with Gasteiger partial charge in [0.25, 0.3) is 0 Å². The zero-order chi connectivity index (χ0) is 15.3. The number of thiophene rings is 1. The minimum absolute atomic E-state index is 0.0801. The second kappa shape index (κ2) is 7.13. The lowest BCUT2D eigenvalue weighted by Gasteiger charge is -2.21. The molecule has 1 aromatic carbocycles. The van der Waals surface area contributed by atoms with Crippen molar-refractivity contribution in [2.45, 2.75) is 11.4 Å². The summed E-state index contributed by atoms with van der Waals surface area (Å²) in [5, 5.41) is 1.90. The quantitative estimate of drug-likeness (QED) is 0.785. The van der Waals surface area contributed by atoms with E-state index >= 15 is 0 Å². The molecule has 2 rings (SSSR count). The maximum absolute atomic E-state index is 13.0. The molecule has 0 aliphatic heterocycles. The predicted octanol–water partition coefficient (Wildman–Crippen LogP) is 2.72. The van der Waals surface area contributed by atoms with Crippen LogP contribution in [0.1, 0.15) is 4.88 Å². The van der Waals surface area contributed by atoms with E-state index in [0.717, 1.165) is 17.0 Å². The molecule has 0 saturated heterocycles. The van der Waals surface area contributed by atoms with E-state index in [0.29, 0.717) is 6.61 Å². The van der Waals surface area contributed by atoms with Gasteiger partial charge in [-0.2, -0.15) is 4.31 Å². The van der Waals surface area contributed by atoms with Gasteiger partial charge in [0, 0.05) is 25.1 Å². The van der Waals surface area contributed by atoms with Crippen LogP contribution in [0.2, 0.25) is 0 Å². The monoisotopic (exact) mass is 329 g/mol. The van der Waals surface area contributed by atoms with Gasteiger partial charge >= 0.3 is 0 Å². The summed E-state index contributed by atoms with van der Waals surface area (Å²) in [7, 11) is -2.15. The largest absolute Gasteiger partial charge is 0.383 e. The predicted molar refractivity (Wildman–Crippen MR) is 80.2 cm³/mol. The topological polar surface area (TPSA) is 46.6 Å². The molecule has 0 bridgehead atoms. The van der Waals surface area contributed by atoms with Gasteiger partial charge in [0.05, 0.1) is 11.5 Å². The van der Waals surface area contributed by atoms with Crippen LogP contribution >= 0.6 is 11.3 Å². The molecule has 0 radical (unpaired) electrons. The Morgan fingerprint density at radius 2 is 1.95 bits per heavy atom. The lowest BCUT2D eigenvalue weighted by molar-refractivity contribution is 0.177. The van der Waals surface area contributed by atoms with Gasteiger partial charge in [-0.05, 0) is 35.7 Å². The van der Waals surface area contributed by atoms with E-state index in [4.69, 9.17) is 4.74 Å². The molecule has 4 nitrogen and oxygen atoms in total. The molecule has 21 heavy (non-hydrogen) atoms. The molecular weight excluding hydrogens is 313 g/mol. The third kappa shape index (κ3) is 4.10. The van der Waals surface area contributed by atoms with Gasteiger partial charge in [0.2, 0.25) is 10.0 Å². The third-order valence-corrected chi connectivity index (χ3v) is 5.63. The van der Waals surface area contributed by atoms with Crippen molar-refractivity contribution in [2.75, 3.05) is 20.3 Å². The van der Waals surface area contributed by atoms with E-state index in [-0.39, 0.29) is 18.0 Å². The van der Waals surface area contributed by atoms with Crippen LogP contribution in [0.15, 0.2) is 46.7 Å². The first-order chi connectivity index (χ1) is 10.0. The van der Waals surface area contributed by atoms with E-state index < -0.39 is 15.8 Å². The van der Waals surface area contributed by atoms with Crippen LogP contribution in [0.25, 0.3) is 0 Å². The highest BCUT2D eigenvalue weighted by Crippen LogP contribution is 2.20. The van der Waals surface area contributed by atoms with Crippen LogP contribution in [0.3, 0.4) is 0 Å². The first kappa shape index (κ1) is 16.1. The highest BCUT2D eigenvalue weighted by molar-refractivity contribution is 7.89. The standard InChI is InChI=1S/C14H16FNO3S2/c1-19-9-8-16(11-13-3-2-10-20-13)21(17,18)14-6-4-12(15)5-7-14/h2-7,10H,8-9,11H2,1H3. The number of hydrogen-bond acceptors (Lipinski definition) is 4. The van der Waals surface area contributed by atoms with E-state index in [9.17, 15) is 12.8 Å². The Morgan fingerprint density at radius 3 is 2.52 bits per heavy atom. The normalized spacial score (nSPS) is 12.0. The fourth-order valence-corrected chi connectivity index (χ4v) is 4.01. The highest BCUT2D eigenvalue weighted by atomic mass is 32.2. The van der Waals surface area contributed by atoms with Gasteiger partial charge in [-0.15, -0.1) is 11.3 Å². The zero-order valence-electron chi connectivity index (χ0n) is 11.5. The Bertz CT molecular complexity index is 654. The molecule has 114 valence electrons. The summed E-state index contributed by atoms with van der Waals surface area (Å²) < 4.78 is 44.5. The molecule has 0 fully saturated rings. The van der Waals surface area contributed by atoms with Crippen molar-refractivity contribution in [3.63, 3.8) is 0 Å². The van der Waals surface area contributed by atoms with Gasteiger partial charge in [-0.3, -0.25) is 0 Å². The van der Waals surface area contributed by atoms with Gasteiger partial charge in [0.1, 0.15) is 5.82 Å². The maximum atomic E-state index is 13.0. The van der Waals surface area contributed by atoms with Crippen molar-refractivity contribution in [3.05, 3.63) is 52.5 Å². The molecule has 0 spiro atoms. The first-order valence-corrected chi connectivity index (χ1v) is 8.63. The summed E-state index contributed by atoms with van der Waals surface area (Å²) in [6.45, 7) is 0.820. The molecule has 0 aliphatic carbocycles. The highest BCUT2D eigenvalue weighted by Gasteiger charge is 2.24. The van der Waals surface area contributed by atoms with Crippen LogP contribution in [-0.4, -0.2) is 33.0 Å². The summed E-state index contributed by atoms with van der Waals surface area (Å²) in [5.41, 5.74) is 0. The summed E-state index contributed by atoms with van der Waals surface area (Å²) >= 11 is 1.49. The van der Waals surface area contributed by atoms with Crippen molar-refractivity contribution < 1.29 is 17.5 Å². The minimum Gasteiger partial charge on any atom is -0.383 e. The van der Waals surface area contributed by atoms with Crippen LogP contribution < -0.4 is 0 Å². The minimum atomic E-state index is -3.67. The van der Waals surface area contributed by atoms with E-state index in [1.54, 1.807) is 0 Å². The number of benzene rings is 1. The average molecular weight is 329 g/mol. The van der Waals surface area contributed by atoms with E-state index in [1.807, 2.05) is 17.5 Å². The molecule has 7 heteroatoms. The smallest absolute Gasteiger partial charge is 0.243 e. The number of nitrogens with zero attached hydrogens (tertiary/aromatic N) is 1. The second-order valence-electron chi connectivity index (χ2n) is 4.36. The second-order valence-corrected chi connectivity index (χ2v) is 7.33. The Labute approximate surface area is 127 Å². The van der Waals surface area contributed by atoms with Crippen LogP contribution in [0, 0.1) is 5.82 Å². The Kier molecular flexibility index (Phi) is 5.46. The number of sulfonamides is 1. The Morgan fingerprint density at radius 1 is 1.24 bits per heavy atom. The van der Waals surface area contributed by atoms with E-state index in [1.165, 1.54) is 34.9 Å². The van der Waals surface area contributed by atoms with E-state index in [2.05, 4.69) is 0 Å². The number of hydrogen-bond donors (Lipinski definition) is 0. The Hall–Kier alpha value is -1.28. The average Bonchev–Trinajstić information content (AvgIpc) is 2.96. The molecule has 1 heterocycles. The molecule has 0 N–H and O–H groups in total. The fraction of sp³-hybridized carbons (Fsp3) is 0.286. The molecule has 0 aliphatic rings. The summed E-state index contributed by atoms with van der Waals surface area (Å²) in [6, 6.07) is 8.60. The van der Waals surface area contributed by atoms with Crippen LogP contribution in [-0.2, 0) is 21.3 Å². The zero-order valence-corrected chi connectivity index (χ0v) is 13.2. The molecule has 2 aromatic rings. The van der Waals surface area contributed by atoms with Gasteiger partial charge < -0.3 is 4.74 Å². The molecule has 0 unspecified atom stereocenters. The van der Waals surface area contributed by atoms with Gasteiger partial charge in [-0.1, -0.05) is 6.07 Å². The van der Waals surface area contributed by atoms with Crippen molar-refractivity contribution in [3.8, 4) is 0 Å². The van der Waals surface area contributed by atoms with Crippen LogP contribution in [0.5, 0.6) is 0 Å². The summed E-state index contributed by atoms with van der Waals surface area (Å²) in [4.78, 5) is 1.02. The maximum Gasteiger partial charge on any atom is 0.243 e. The third-order valence-electron chi connectivity index (χ3n) is 2.91. The van der Waals surface area contributed by atoms with Gasteiger partial charge in [0.15, 0.2) is 0 Å². The number of rotatable bonds is 7. The SMILES string of the molecule is COCCN(Cc1cccs1)S(=O)(=O)c1ccc(F)cc1. The molecule has 1 aromatic heterocycles. The molecular formula is C14H16FNO3S2. The molecule has 0 atom stereocenters. The number of ether oxygens (including phenoxy) is 1. The molecule has 0 amide bonds. The summed E-state index contributed by atoms with van der Waals surface area (Å²) in [5.74, 6) is -0.462. The lowest BCUT2D eigenvalue weighted by Crippen LogP contribution is -2.33. The van der Waals surface area contributed by atoms with Crippen molar-refractivity contribution in [1.29, 1.82) is 0 Å². The van der Waals surface area contributed by atoms with Crippen molar-refractivity contribution in [2.24, 2.45) is 0 Å². The van der Waals surface area contributed by atoms with Gasteiger partial charge in [-0.25, -0.2) is 12.8 Å². The Balaban J connectivity index is 2.27. The van der Waals surface area contributed by atoms with Crippen molar-refractivity contribution >= 4 is 21.4 Å². The fourth-order valence-electron chi connectivity index (χ4n) is 1.81. The van der Waals surface area contributed by atoms with Crippen LogP contribution in [0.4, 0.5) is 4.39 Å². The van der Waals surface area contributed by atoms with Crippen molar-refractivity contribution in [1.82, 2.24) is 4.31 Å². The molecule has 0 saturated carbocycles. The number of halogens is 1. The lowest BCUT2D eigenvalue weighted by atomic mass is 10.4. The number of methoxy groups -OCH3 is 1.